The van der Waals surface area contributed by atoms with Gasteiger partial charge in [0.1, 0.15) is 4.90 Å². The number of nitrogens with one attached hydrogen (secondary N) is 1. The van der Waals surface area contributed by atoms with Gasteiger partial charge in [0.2, 0.25) is 0 Å². The van der Waals surface area contributed by atoms with Gasteiger partial charge in [-0.2, -0.15) is 0 Å². The zero-order valence-electron chi connectivity index (χ0n) is 14.0. The first kappa shape index (κ1) is 19.8. The molecule has 1 atom stereocenters. The van der Waals surface area contributed by atoms with Gasteiger partial charge in [0.25, 0.3) is 11.6 Å². The average Bonchev–Trinajstić information content (AvgIpc) is 3.10. The summed E-state index contributed by atoms with van der Waals surface area (Å²) in [4.78, 5) is 33.2. The van der Waals surface area contributed by atoms with Crippen LogP contribution in [0.5, 0.6) is 0 Å². The maximum atomic E-state index is 11.9. The van der Waals surface area contributed by atoms with E-state index < -0.39 is 43.8 Å². The largest absolute Gasteiger partial charge is 0.452 e. The molecular formula is C15H18N2O8S. The van der Waals surface area contributed by atoms with E-state index >= 15 is 0 Å². The van der Waals surface area contributed by atoms with Crippen LogP contribution in [0.3, 0.4) is 0 Å². The van der Waals surface area contributed by atoms with Crippen LogP contribution in [0.4, 0.5) is 5.69 Å². The standard InChI is InChI=1S/C15H18N2O8S/c1-26(22,23)13-5-4-10(7-12(13)17(20)21)15(19)25-9-14(18)16-8-11-3-2-6-24-11/h4-5,7,11H,2-3,6,8-9H2,1H3,(H,16,18)/t11-/m0/s1. The van der Waals surface area contributed by atoms with Gasteiger partial charge in [-0.05, 0) is 25.0 Å². The highest BCUT2D eigenvalue weighted by molar-refractivity contribution is 7.90. The molecule has 142 valence electrons. The molecule has 0 aliphatic carbocycles. The second-order valence-electron chi connectivity index (χ2n) is 5.73. The Labute approximate surface area is 149 Å². The Balaban J connectivity index is 1.97. The number of hydrogen-bond donors (Lipinski definition) is 1. The molecular weight excluding hydrogens is 368 g/mol. The molecule has 11 heteroatoms. The van der Waals surface area contributed by atoms with Crippen molar-refractivity contribution in [1.29, 1.82) is 0 Å². The molecule has 1 aromatic carbocycles. The number of nitro benzene ring substituents is 1. The van der Waals surface area contributed by atoms with Crippen LogP contribution in [-0.2, 0) is 24.1 Å². The fourth-order valence-corrected chi connectivity index (χ4v) is 3.23. The summed E-state index contributed by atoms with van der Waals surface area (Å²) in [5.41, 5.74) is -0.958. The molecule has 0 unspecified atom stereocenters. The lowest BCUT2D eigenvalue weighted by molar-refractivity contribution is -0.387. The van der Waals surface area contributed by atoms with Crippen LogP contribution in [0.15, 0.2) is 23.1 Å². The van der Waals surface area contributed by atoms with Crippen LogP contribution in [0.1, 0.15) is 23.2 Å². The number of amides is 1. The Hall–Kier alpha value is -2.53. The number of sulfone groups is 1. The summed E-state index contributed by atoms with van der Waals surface area (Å²) >= 11 is 0. The third-order valence-corrected chi connectivity index (χ3v) is 4.82. The normalized spacial score (nSPS) is 16.9. The summed E-state index contributed by atoms with van der Waals surface area (Å²) in [7, 11) is -3.83. The second kappa shape index (κ2) is 8.23. The number of esters is 1. The highest BCUT2D eigenvalue weighted by Crippen LogP contribution is 2.25. The Bertz CT molecular complexity index is 815. The Morgan fingerprint density at radius 1 is 1.42 bits per heavy atom. The van der Waals surface area contributed by atoms with E-state index in [1.165, 1.54) is 0 Å². The third kappa shape index (κ3) is 5.23. The van der Waals surface area contributed by atoms with Crippen molar-refractivity contribution in [3.05, 3.63) is 33.9 Å². The van der Waals surface area contributed by atoms with Crippen molar-refractivity contribution in [2.24, 2.45) is 0 Å². The van der Waals surface area contributed by atoms with E-state index in [1.54, 1.807) is 0 Å². The highest BCUT2D eigenvalue weighted by atomic mass is 32.2. The van der Waals surface area contributed by atoms with E-state index in [-0.39, 0.29) is 11.7 Å². The number of benzene rings is 1. The summed E-state index contributed by atoms with van der Waals surface area (Å²) in [6.45, 7) is 0.399. The number of nitrogens with zero attached hydrogens (tertiary/aromatic N) is 1. The number of hydrogen-bond acceptors (Lipinski definition) is 8. The first-order chi connectivity index (χ1) is 12.2. The monoisotopic (exact) mass is 386 g/mol. The fraction of sp³-hybridized carbons (Fsp3) is 0.467. The molecule has 26 heavy (non-hydrogen) atoms. The lowest BCUT2D eigenvalue weighted by atomic mass is 10.2. The van der Waals surface area contributed by atoms with Crippen molar-refractivity contribution in [2.45, 2.75) is 23.8 Å². The molecule has 1 aromatic rings. The first-order valence-electron chi connectivity index (χ1n) is 7.72. The molecule has 0 spiro atoms. The van der Waals surface area contributed by atoms with Crippen LogP contribution in [0.25, 0.3) is 0 Å². The third-order valence-electron chi connectivity index (χ3n) is 3.68. The summed E-state index contributed by atoms with van der Waals surface area (Å²) < 4.78 is 33.2. The fourth-order valence-electron chi connectivity index (χ4n) is 2.40. The molecule has 1 N–H and O–H groups in total. The van der Waals surface area contributed by atoms with Crippen LogP contribution in [0, 0.1) is 10.1 Å². The average molecular weight is 386 g/mol. The first-order valence-corrected chi connectivity index (χ1v) is 9.61. The predicted molar refractivity (Wildman–Crippen MR) is 88.5 cm³/mol. The Morgan fingerprint density at radius 2 is 2.15 bits per heavy atom. The maximum Gasteiger partial charge on any atom is 0.338 e. The van der Waals surface area contributed by atoms with Crippen LogP contribution in [0.2, 0.25) is 0 Å². The maximum absolute atomic E-state index is 11.9. The summed E-state index contributed by atoms with van der Waals surface area (Å²) in [5, 5.41) is 13.6. The summed E-state index contributed by atoms with van der Waals surface area (Å²) in [5.74, 6) is -1.50. The molecule has 0 bridgehead atoms. The lowest BCUT2D eigenvalue weighted by Gasteiger charge is -2.11. The summed E-state index contributed by atoms with van der Waals surface area (Å²) in [6, 6.07) is 2.86. The van der Waals surface area contributed by atoms with E-state index in [0.29, 0.717) is 13.2 Å². The number of nitro groups is 1. The van der Waals surface area contributed by atoms with Crippen molar-refractivity contribution in [1.82, 2.24) is 5.32 Å². The van der Waals surface area contributed by atoms with Gasteiger partial charge in [0.05, 0.1) is 16.6 Å². The number of ether oxygens (including phenoxy) is 2. The lowest BCUT2D eigenvalue weighted by Crippen LogP contribution is -2.34. The molecule has 1 heterocycles. The molecule has 10 nitrogen and oxygen atoms in total. The molecule has 0 saturated carbocycles. The number of carbonyl (C=O) groups is 2. The minimum Gasteiger partial charge on any atom is -0.452 e. The SMILES string of the molecule is CS(=O)(=O)c1ccc(C(=O)OCC(=O)NC[C@@H]2CCCO2)cc1[N+](=O)[O-]. The van der Waals surface area contributed by atoms with Crippen LogP contribution in [-0.4, -0.2) is 57.3 Å². The molecule has 0 radical (unpaired) electrons. The number of rotatable bonds is 7. The van der Waals surface area contributed by atoms with Crippen molar-refractivity contribution in [3.8, 4) is 0 Å². The second-order valence-corrected chi connectivity index (χ2v) is 7.71. The van der Waals surface area contributed by atoms with Gasteiger partial charge >= 0.3 is 5.97 Å². The van der Waals surface area contributed by atoms with Gasteiger partial charge < -0.3 is 14.8 Å². The smallest absolute Gasteiger partial charge is 0.338 e. The minimum absolute atomic E-state index is 0.0548. The van der Waals surface area contributed by atoms with Crippen LogP contribution < -0.4 is 5.32 Å². The minimum atomic E-state index is -3.83. The van der Waals surface area contributed by atoms with E-state index in [1.807, 2.05) is 0 Å². The highest BCUT2D eigenvalue weighted by Gasteiger charge is 2.24. The molecule has 0 aromatic heterocycles. The van der Waals surface area contributed by atoms with Gasteiger partial charge in [-0.1, -0.05) is 0 Å². The molecule has 1 saturated heterocycles. The van der Waals surface area contributed by atoms with E-state index in [4.69, 9.17) is 9.47 Å². The topological polar surface area (TPSA) is 142 Å². The zero-order chi connectivity index (χ0) is 19.3. The van der Waals surface area contributed by atoms with Crippen molar-refractivity contribution in [3.63, 3.8) is 0 Å². The Morgan fingerprint density at radius 3 is 2.73 bits per heavy atom. The van der Waals surface area contributed by atoms with E-state index in [2.05, 4.69) is 5.32 Å². The number of carbonyl (C=O) groups excluding carboxylic acids is 2. The Kier molecular flexibility index (Phi) is 6.27. The van der Waals surface area contributed by atoms with Crippen LogP contribution >= 0.6 is 0 Å². The molecule has 1 aliphatic rings. The van der Waals surface area contributed by atoms with Crippen molar-refractivity contribution in [2.75, 3.05) is 26.0 Å². The van der Waals surface area contributed by atoms with Gasteiger partial charge in [-0.25, -0.2) is 13.2 Å². The van der Waals surface area contributed by atoms with Gasteiger partial charge in [0.15, 0.2) is 16.4 Å². The van der Waals surface area contributed by atoms with Gasteiger partial charge in [-0.3, -0.25) is 14.9 Å². The quantitative estimate of drug-likeness (QED) is 0.404. The van der Waals surface area contributed by atoms with Gasteiger partial charge in [0, 0.05) is 25.5 Å². The van der Waals surface area contributed by atoms with E-state index in [0.717, 1.165) is 37.3 Å². The molecule has 1 amide bonds. The summed E-state index contributed by atoms with van der Waals surface area (Å²) in [6.07, 6.45) is 2.54. The van der Waals surface area contributed by atoms with Crippen molar-refractivity contribution < 1.29 is 32.4 Å². The zero-order valence-corrected chi connectivity index (χ0v) is 14.8. The van der Waals surface area contributed by atoms with E-state index in [9.17, 15) is 28.1 Å². The molecule has 1 fully saturated rings. The molecule has 2 rings (SSSR count). The molecule has 1 aliphatic heterocycles. The predicted octanol–water partition coefficient (Wildman–Crippen LogP) is 0.450. The van der Waals surface area contributed by atoms with Crippen molar-refractivity contribution >= 4 is 27.4 Å². The van der Waals surface area contributed by atoms with Gasteiger partial charge in [-0.15, -0.1) is 0 Å².